The van der Waals surface area contributed by atoms with Gasteiger partial charge in [0.25, 0.3) is 0 Å². The first-order valence-electron chi connectivity index (χ1n) is 5.97. The topological polar surface area (TPSA) is 12.0 Å². The molecule has 88 valence electrons. The summed E-state index contributed by atoms with van der Waals surface area (Å²) in [6, 6.07) is 13.0. The van der Waals surface area contributed by atoms with Crippen LogP contribution >= 0.6 is 0 Å². The second-order valence-electron chi connectivity index (χ2n) is 4.82. The highest BCUT2D eigenvalue weighted by Gasteiger charge is 2.00. The van der Waals surface area contributed by atoms with Crippen LogP contribution in [0.3, 0.4) is 0 Å². The lowest BCUT2D eigenvalue weighted by Gasteiger charge is -2.11. The molecule has 0 aliphatic rings. The molecule has 0 aliphatic carbocycles. The second kappa shape index (κ2) is 4.62. The maximum absolute atomic E-state index is 3.48. The number of aryl methyl sites for hydroxylation is 4. The average Bonchev–Trinajstić information content (AvgIpc) is 2.21. The fourth-order valence-corrected chi connectivity index (χ4v) is 2.16. The normalized spacial score (nSPS) is 10.4. The van der Waals surface area contributed by atoms with Gasteiger partial charge in [-0.15, -0.1) is 0 Å². The maximum atomic E-state index is 3.48. The Labute approximate surface area is 103 Å². The Morgan fingerprint density at radius 1 is 0.706 bits per heavy atom. The molecule has 0 saturated heterocycles. The third-order valence-electron chi connectivity index (χ3n) is 2.88. The Bertz CT molecular complexity index is 521. The van der Waals surface area contributed by atoms with Gasteiger partial charge >= 0.3 is 0 Å². The molecular weight excluding hydrogens is 206 g/mol. The van der Waals surface area contributed by atoms with E-state index in [4.69, 9.17) is 0 Å². The number of nitrogens with one attached hydrogen (secondary N) is 1. The van der Waals surface area contributed by atoms with Crippen LogP contribution in [0.1, 0.15) is 22.3 Å². The predicted molar refractivity (Wildman–Crippen MR) is 75.1 cm³/mol. The zero-order valence-corrected chi connectivity index (χ0v) is 11.0. The van der Waals surface area contributed by atoms with E-state index in [1.807, 2.05) is 0 Å². The monoisotopic (exact) mass is 225 g/mol. The molecule has 2 aromatic carbocycles. The van der Waals surface area contributed by atoms with Gasteiger partial charge in [-0.3, -0.25) is 0 Å². The molecule has 0 bridgehead atoms. The Kier molecular flexibility index (Phi) is 3.19. The highest BCUT2D eigenvalue weighted by molar-refractivity contribution is 5.64. The second-order valence-corrected chi connectivity index (χ2v) is 4.82. The summed E-state index contributed by atoms with van der Waals surface area (Å²) in [6.45, 7) is 8.51. The molecule has 17 heavy (non-hydrogen) atoms. The van der Waals surface area contributed by atoms with E-state index >= 15 is 0 Å². The molecular formula is C16H19N. The quantitative estimate of drug-likeness (QED) is 0.783. The van der Waals surface area contributed by atoms with E-state index in [9.17, 15) is 0 Å². The van der Waals surface area contributed by atoms with Crippen molar-refractivity contribution in [1.82, 2.24) is 0 Å². The van der Waals surface area contributed by atoms with E-state index in [-0.39, 0.29) is 0 Å². The van der Waals surface area contributed by atoms with Crippen molar-refractivity contribution in [2.75, 3.05) is 5.32 Å². The first kappa shape index (κ1) is 11.7. The number of benzene rings is 2. The molecule has 0 saturated carbocycles. The highest BCUT2D eigenvalue weighted by Crippen LogP contribution is 2.23. The minimum atomic E-state index is 1.16. The Balaban J connectivity index is 2.31. The van der Waals surface area contributed by atoms with Crippen molar-refractivity contribution in [3.8, 4) is 0 Å². The van der Waals surface area contributed by atoms with E-state index in [1.165, 1.54) is 27.9 Å². The zero-order chi connectivity index (χ0) is 12.4. The molecule has 0 aromatic heterocycles. The number of rotatable bonds is 2. The van der Waals surface area contributed by atoms with Crippen LogP contribution in [0, 0.1) is 27.7 Å². The number of hydrogen-bond acceptors (Lipinski definition) is 1. The third-order valence-corrected chi connectivity index (χ3v) is 2.88. The molecule has 0 fully saturated rings. The van der Waals surface area contributed by atoms with Crippen molar-refractivity contribution in [2.24, 2.45) is 0 Å². The average molecular weight is 225 g/mol. The van der Waals surface area contributed by atoms with Gasteiger partial charge in [0, 0.05) is 11.4 Å². The number of anilines is 2. The summed E-state index contributed by atoms with van der Waals surface area (Å²) in [5, 5.41) is 3.48. The first-order valence-corrected chi connectivity index (χ1v) is 5.97. The van der Waals surface area contributed by atoms with Crippen molar-refractivity contribution >= 4 is 11.4 Å². The molecule has 1 nitrogen and oxygen atoms in total. The zero-order valence-electron chi connectivity index (χ0n) is 11.0. The fourth-order valence-electron chi connectivity index (χ4n) is 2.16. The van der Waals surface area contributed by atoms with E-state index in [2.05, 4.69) is 69.4 Å². The molecule has 0 heterocycles. The van der Waals surface area contributed by atoms with Gasteiger partial charge in [0.15, 0.2) is 0 Å². The van der Waals surface area contributed by atoms with Crippen LogP contribution in [0.15, 0.2) is 36.4 Å². The van der Waals surface area contributed by atoms with Gasteiger partial charge in [0.05, 0.1) is 0 Å². The molecule has 1 heteroatoms. The van der Waals surface area contributed by atoms with Gasteiger partial charge in [-0.2, -0.15) is 0 Å². The minimum Gasteiger partial charge on any atom is -0.355 e. The summed E-state index contributed by atoms with van der Waals surface area (Å²) in [6.07, 6.45) is 0. The summed E-state index contributed by atoms with van der Waals surface area (Å²) in [4.78, 5) is 0. The number of hydrogen-bond donors (Lipinski definition) is 1. The van der Waals surface area contributed by atoms with Gasteiger partial charge in [-0.1, -0.05) is 23.8 Å². The lowest BCUT2D eigenvalue weighted by molar-refractivity contribution is 1.34. The van der Waals surface area contributed by atoms with E-state index in [1.54, 1.807) is 0 Å². The molecule has 2 aromatic rings. The molecule has 0 atom stereocenters. The van der Waals surface area contributed by atoms with E-state index < -0.39 is 0 Å². The summed E-state index contributed by atoms with van der Waals surface area (Å²) < 4.78 is 0. The molecule has 0 radical (unpaired) electrons. The summed E-state index contributed by atoms with van der Waals surface area (Å²) >= 11 is 0. The van der Waals surface area contributed by atoms with Crippen LogP contribution in [-0.4, -0.2) is 0 Å². The molecule has 0 spiro atoms. The van der Waals surface area contributed by atoms with Gasteiger partial charge in [-0.25, -0.2) is 0 Å². The molecule has 0 amide bonds. The predicted octanol–water partition coefficient (Wildman–Crippen LogP) is 4.66. The summed E-state index contributed by atoms with van der Waals surface area (Å²) in [5.74, 6) is 0. The van der Waals surface area contributed by atoms with Crippen molar-refractivity contribution in [2.45, 2.75) is 27.7 Å². The molecule has 2 rings (SSSR count). The molecule has 0 unspecified atom stereocenters. The van der Waals surface area contributed by atoms with Crippen molar-refractivity contribution in [3.05, 3.63) is 58.7 Å². The van der Waals surface area contributed by atoms with Crippen LogP contribution in [0.25, 0.3) is 0 Å². The smallest absolute Gasteiger partial charge is 0.0414 e. The molecule has 1 N–H and O–H groups in total. The maximum Gasteiger partial charge on any atom is 0.0414 e. The highest BCUT2D eigenvalue weighted by atomic mass is 14.9. The van der Waals surface area contributed by atoms with E-state index in [0.29, 0.717) is 0 Å². The van der Waals surface area contributed by atoms with Crippen molar-refractivity contribution < 1.29 is 0 Å². The van der Waals surface area contributed by atoms with Gasteiger partial charge < -0.3 is 5.32 Å². The van der Waals surface area contributed by atoms with Gasteiger partial charge in [0.1, 0.15) is 0 Å². The van der Waals surface area contributed by atoms with E-state index in [0.717, 1.165) is 5.69 Å². The lowest BCUT2D eigenvalue weighted by atomic mass is 10.1. The van der Waals surface area contributed by atoms with Crippen LogP contribution < -0.4 is 5.32 Å². The molecule has 0 aliphatic heterocycles. The van der Waals surface area contributed by atoms with Crippen molar-refractivity contribution in [1.29, 1.82) is 0 Å². The Hall–Kier alpha value is -1.76. The third kappa shape index (κ3) is 2.88. The van der Waals surface area contributed by atoms with Crippen LogP contribution in [0.4, 0.5) is 11.4 Å². The van der Waals surface area contributed by atoms with Crippen LogP contribution in [0.5, 0.6) is 0 Å². The van der Waals surface area contributed by atoms with Crippen LogP contribution in [-0.2, 0) is 0 Å². The standard InChI is InChI=1S/C16H19N/c1-11-5-6-16(14(4)8-11)17-15-9-12(2)7-13(3)10-15/h5-10,17H,1-4H3. The largest absolute Gasteiger partial charge is 0.355 e. The SMILES string of the molecule is Cc1cc(C)cc(Nc2ccc(C)cc2C)c1. The van der Waals surface area contributed by atoms with Crippen molar-refractivity contribution in [3.63, 3.8) is 0 Å². The fraction of sp³-hybridized carbons (Fsp3) is 0.250. The Morgan fingerprint density at radius 2 is 1.35 bits per heavy atom. The van der Waals surface area contributed by atoms with Gasteiger partial charge in [-0.05, 0) is 62.6 Å². The Morgan fingerprint density at radius 3 is 1.94 bits per heavy atom. The van der Waals surface area contributed by atoms with Gasteiger partial charge in [0.2, 0.25) is 0 Å². The summed E-state index contributed by atoms with van der Waals surface area (Å²) in [5.41, 5.74) is 7.50. The minimum absolute atomic E-state index is 1.16. The lowest BCUT2D eigenvalue weighted by Crippen LogP contribution is -1.94. The van der Waals surface area contributed by atoms with Crippen LogP contribution in [0.2, 0.25) is 0 Å². The summed E-state index contributed by atoms with van der Waals surface area (Å²) in [7, 11) is 0. The first-order chi connectivity index (χ1) is 8.04.